The molecule has 0 atom stereocenters. The minimum Gasteiger partial charge on any atom is -0.497 e. The summed E-state index contributed by atoms with van der Waals surface area (Å²) < 4.78 is 21.6. The van der Waals surface area contributed by atoms with Crippen LogP contribution in [-0.4, -0.2) is 21.9 Å². The molecule has 0 N–H and O–H groups in total. The second kappa shape index (κ2) is 7.26. The van der Waals surface area contributed by atoms with Crippen LogP contribution in [0.5, 0.6) is 5.75 Å². The van der Waals surface area contributed by atoms with E-state index in [0.717, 1.165) is 39.0 Å². The Labute approximate surface area is 173 Å². The highest BCUT2D eigenvalue weighted by Gasteiger charge is 2.20. The van der Waals surface area contributed by atoms with Gasteiger partial charge in [0, 0.05) is 29.3 Å². The van der Waals surface area contributed by atoms with Crippen molar-refractivity contribution in [3.8, 4) is 28.3 Å². The Morgan fingerprint density at radius 3 is 2.53 bits per heavy atom. The SMILES string of the molecule is COc1cccc(Cn2cc3c(-c4ccc(C)cc4)nnc-3c3cc(F)ccc32)c1. The van der Waals surface area contributed by atoms with Crippen molar-refractivity contribution >= 4 is 10.9 Å². The third-order valence-electron chi connectivity index (χ3n) is 5.38. The molecule has 30 heavy (non-hydrogen) atoms. The number of halogens is 1. The van der Waals surface area contributed by atoms with Gasteiger partial charge in [0.25, 0.3) is 0 Å². The molecule has 0 spiro atoms. The summed E-state index contributed by atoms with van der Waals surface area (Å²) in [6, 6.07) is 21.0. The molecule has 0 amide bonds. The number of pyridine rings is 1. The van der Waals surface area contributed by atoms with Gasteiger partial charge in [-0.05, 0) is 42.8 Å². The molecule has 2 heterocycles. The van der Waals surface area contributed by atoms with Crippen LogP contribution in [0.15, 0.2) is 72.9 Å². The summed E-state index contributed by atoms with van der Waals surface area (Å²) in [5.74, 6) is 0.518. The van der Waals surface area contributed by atoms with E-state index in [9.17, 15) is 4.39 Å². The van der Waals surface area contributed by atoms with Gasteiger partial charge in [0.15, 0.2) is 0 Å². The number of hydrogen-bond donors (Lipinski definition) is 0. The van der Waals surface area contributed by atoms with E-state index in [2.05, 4.69) is 46.1 Å². The number of aryl methyl sites for hydroxylation is 1. The van der Waals surface area contributed by atoms with Gasteiger partial charge in [-0.2, -0.15) is 0 Å². The van der Waals surface area contributed by atoms with Gasteiger partial charge < -0.3 is 9.30 Å². The van der Waals surface area contributed by atoms with Crippen molar-refractivity contribution in [1.82, 2.24) is 14.8 Å². The summed E-state index contributed by atoms with van der Waals surface area (Å²) in [6.07, 6.45) is 2.06. The van der Waals surface area contributed by atoms with E-state index in [0.29, 0.717) is 12.2 Å². The second-order valence-electron chi connectivity index (χ2n) is 7.45. The average Bonchev–Trinajstić information content (AvgIpc) is 3.18. The van der Waals surface area contributed by atoms with Gasteiger partial charge in [0.05, 0.1) is 12.6 Å². The molecule has 0 fully saturated rings. The molecular weight excluding hydrogens is 377 g/mol. The molecule has 4 nitrogen and oxygen atoms in total. The van der Waals surface area contributed by atoms with Crippen LogP contribution in [0.4, 0.5) is 4.39 Å². The van der Waals surface area contributed by atoms with Crippen LogP contribution in [0.1, 0.15) is 11.1 Å². The zero-order valence-electron chi connectivity index (χ0n) is 16.8. The molecule has 3 aromatic carbocycles. The highest BCUT2D eigenvalue weighted by atomic mass is 19.1. The highest BCUT2D eigenvalue weighted by Crippen LogP contribution is 2.37. The standard InChI is InChI=1S/C25H20FN3O/c1-16-6-8-18(9-7-16)24-22-15-29(14-17-4-3-5-20(12-17)30-2)23-11-10-19(26)13-21(23)25(22)28-27-24/h3-13,15H,14H2,1-2H3. The minimum atomic E-state index is -0.289. The van der Waals surface area contributed by atoms with Crippen LogP contribution in [0.2, 0.25) is 0 Å². The molecule has 5 heteroatoms. The molecule has 2 aliphatic rings. The molecule has 0 saturated carbocycles. The Morgan fingerprint density at radius 2 is 1.73 bits per heavy atom. The minimum absolute atomic E-state index is 0.289. The Bertz CT molecular complexity index is 1320. The van der Waals surface area contributed by atoms with E-state index in [1.54, 1.807) is 13.2 Å². The molecule has 2 aliphatic heterocycles. The summed E-state index contributed by atoms with van der Waals surface area (Å²) in [6.45, 7) is 2.67. The Balaban J connectivity index is 1.71. The van der Waals surface area contributed by atoms with E-state index < -0.39 is 0 Å². The van der Waals surface area contributed by atoms with Crippen molar-refractivity contribution in [1.29, 1.82) is 0 Å². The van der Waals surface area contributed by atoms with Crippen LogP contribution in [0.3, 0.4) is 0 Å². The maximum atomic E-state index is 14.1. The van der Waals surface area contributed by atoms with Crippen LogP contribution in [0, 0.1) is 12.7 Å². The molecule has 0 aliphatic carbocycles. The number of aromatic nitrogens is 3. The zero-order valence-corrected chi connectivity index (χ0v) is 16.8. The summed E-state index contributed by atoms with van der Waals surface area (Å²) >= 11 is 0. The Kier molecular flexibility index (Phi) is 4.43. The van der Waals surface area contributed by atoms with Gasteiger partial charge in [0.1, 0.15) is 23.0 Å². The maximum Gasteiger partial charge on any atom is 0.124 e. The van der Waals surface area contributed by atoms with Crippen molar-refractivity contribution in [2.24, 2.45) is 0 Å². The van der Waals surface area contributed by atoms with Crippen LogP contribution in [0.25, 0.3) is 33.4 Å². The maximum absolute atomic E-state index is 14.1. The third-order valence-corrected chi connectivity index (χ3v) is 5.38. The van der Waals surface area contributed by atoms with Crippen LogP contribution < -0.4 is 4.74 Å². The molecule has 0 saturated heterocycles. The van der Waals surface area contributed by atoms with Gasteiger partial charge in [-0.3, -0.25) is 0 Å². The molecule has 148 valence electrons. The quantitative estimate of drug-likeness (QED) is 0.390. The number of ether oxygens (including phenoxy) is 1. The summed E-state index contributed by atoms with van der Waals surface area (Å²) in [4.78, 5) is 0. The number of hydrogen-bond acceptors (Lipinski definition) is 3. The Morgan fingerprint density at radius 1 is 0.933 bits per heavy atom. The van der Waals surface area contributed by atoms with E-state index >= 15 is 0 Å². The van der Waals surface area contributed by atoms with Crippen molar-refractivity contribution in [2.75, 3.05) is 7.11 Å². The molecular formula is C25H20FN3O. The van der Waals surface area contributed by atoms with E-state index in [1.165, 1.54) is 17.7 Å². The van der Waals surface area contributed by atoms with Gasteiger partial charge >= 0.3 is 0 Å². The summed E-state index contributed by atoms with van der Waals surface area (Å²) in [7, 11) is 1.66. The second-order valence-corrected chi connectivity index (χ2v) is 7.45. The first-order valence-electron chi connectivity index (χ1n) is 9.77. The third kappa shape index (κ3) is 3.18. The number of benzene rings is 3. The molecule has 3 aromatic rings. The topological polar surface area (TPSA) is 39.9 Å². The number of rotatable bonds is 4. The fourth-order valence-corrected chi connectivity index (χ4v) is 3.84. The van der Waals surface area contributed by atoms with E-state index in [4.69, 9.17) is 4.74 Å². The smallest absolute Gasteiger partial charge is 0.124 e. The zero-order chi connectivity index (χ0) is 20.7. The van der Waals surface area contributed by atoms with Crippen LogP contribution >= 0.6 is 0 Å². The number of fused-ring (bicyclic) bond motifs is 3. The fourth-order valence-electron chi connectivity index (χ4n) is 3.84. The predicted molar refractivity (Wildman–Crippen MR) is 116 cm³/mol. The molecule has 5 rings (SSSR count). The normalized spacial score (nSPS) is 11.3. The van der Waals surface area contributed by atoms with Gasteiger partial charge in [-0.25, -0.2) is 4.39 Å². The largest absolute Gasteiger partial charge is 0.497 e. The lowest BCUT2D eigenvalue weighted by atomic mass is 10.0. The molecule has 0 bridgehead atoms. The summed E-state index contributed by atoms with van der Waals surface area (Å²) in [5, 5.41) is 9.61. The van der Waals surface area contributed by atoms with Gasteiger partial charge in [-0.15, -0.1) is 10.2 Å². The lowest BCUT2D eigenvalue weighted by Gasteiger charge is -2.16. The number of nitrogens with zero attached hydrogens (tertiary/aromatic N) is 3. The van der Waals surface area contributed by atoms with Crippen molar-refractivity contribution in [3.63, 3.8) is 0 Å². The summed E-state index contributed by atoms with van der Waals surface area (Å²) in [5.41, 5.74) is 6.59. The lowest BCUT2D eigenvalue weighted by molar-refractivity contribution is 0.414. The first-order chi connectivity index (χ1) is 14.6. The highest BCUT2D eigenvalue weighted by molar-refractivity contribution is 5.98. The van der Waals surface area contributed by atoms with Crippen LogP contribution in [-0.2, 0) is 6.54 Å². The van der Waals surface area contributed by atoms with Gasteiger partial charge in [-0.1, -0.05) is 42.0 Å². The molecule has 0 aromatic heterocycles. The van der Waals surface area contributed by atoms with Crippen molar-refractivity contribution in [3.05, 3.63) is 89.9 Å². The molecule has 0 unspecified atom stereocenters. The van der Waals surface area contributed by atoms with Crippen molar-refractivity contribution < 1.29 is 9.13 Å². The van der Waals surface area contributed by atoms with Gasteiger partial charge in [0.2, 0.25) is 0 Å². The average molecular weight is 397 g/mol. The first kappa shape index (κ1) is 18.3. The number of methoxy groups -OCH3 is 1. The lowest BCUT2D eigenvalue weighted by Crippen LogP contribution is -2.04. The monoisotopic (exact) mass is 397 g/mol. The van der Waals surface area contributed by atoms with E-state index in [1.807, 2.05) is 30.3 Å². The van der Waals surface area contributed by atoms with E-state index in [-0.39, 0.29) is 5.82 Å². The Hall–Kier alpha value is -3.73. The first-order valence-corrected chi connectivity index (χ1v) is 9.77. The molecule has 0 radical (unpaired) electrons. The predicted octanol–water partition coefficient (Wildman–Crippen LogP) is 5.71. The van der Waals surface area contributed by atoms with Crippen molar-refractivity contribution in [2.45, 2.75) is 13.5 Å². The fraction of sp³-hybridized carbons (Fsp3) is 0.120.